The highest BCUT2D eigenvalue weighted by atomic mass is 79.9. The number of methoxy groups -OCH3 is 1. The van der Waals surface area contributed by atoms with E-state index >= 15 is 0 Å². The number of nitrogens with zero attached hydrogens (tertiary/aromatic N) is 1. The molecule has 0 aliphatic rings. The standard InChI is InChI=1S/C12H13BrN2O2S2/c1-17-11(16)3-2-8-7-19-12(15-8)14-6-10-9(13)4-5-18-10/h4-5,7H,2-3,6H2,1H3,(H,14,15). The lowest BCUT2D eigenvalue weighted by atomic mass is 10.2. The Bertz CT molecular complexity index is 553. The Kier molecular flexibility index (Phi) is 5.35. The number of aromatic nitrogens is 1. The number of carbonyl (C=O) groups excluding carboxylic acids is 1. The molecule has 0 fully saturated rings. The van der Waals surface area contributed by atoms with E-state index in [1.807, 2.05) is 16.8 Å². The molecule has 7 heteroatoms. The van der Waals surface area contributed by atoms with E-state index in [9.17, 15) is 4.79 Å². The summed E-state index contributed by atoms with van der Waals surface area (Å²) < 4.78 is 5.72. The summed E-state index contributed by atoms with van der Waals surface area (Å²) in [4.78, 5) is 16.7. The van der Waals surface area contributed by atoms with Crippen molar-refractivity contribution in [1.29, 1.82) is 0 Å². The van der Waals surface area contributed by atoms with Gasteiger partial charge in [0.15, 0.2) is 5.13 Å². The number of aryl methyl sites for hydroxylation is 1. The molecule has 2 aromatic rings. The lowest BCUT2D eigenvalue weighted by Crippen LogP contribution is -2.02. The van der Waals surface area contributed by atoms with E-state index in [2.05, 4.69) is 31.0 Å². The van der Waals surface area contributed by atoms with Crippen molar-refractivity contribution in [2.24, 2.45) is 0 Å². The number of halogens is 1. The van der Waals surface area contributed by atoms with Crippen molar-refractivity contribution >= 4 is 49.7 Å². The summed E-state index contributed by atoms with van der Waals surface area (Å²) in [7, 11) is 1.40. The Morgan fingerprint density at radius 1 is 1.53 bits per heavy atom. The monoisotopic (exact) mass is 360 g/mol. The number of thiophene rings is 1. The van der Waals surface area contributed by atoms with Crippen LogP contribution in [0.5, 0.6) is 0 Å². The molecule has 0 amide bonds. The molecule has 0 saturated carbocycles. The van der Waals surface area contributed by atoms with Gasteiger partial charge in [0, 0.05) is 21.2 Å². The Morgan fingerprint density at radius 2 is 2.37 bits per heavy atom. The van der Waals surface area contributed by atoms with E-state index in [0.29, 0.717) is 12.8 Å². The van der Waals surface area contributed by atoms with Crippen molar-refractivity contribution in [3.63, 3.8) is 0 Å². The van der Waals surface area contributed by atoms with E-state index in [0.717, 1.165) is 21.8 Å². The molecule has 2 aromatic heterocycles. The zero-order valence-corrected chi connectivity index (χ0v) is 13.5. The van der Waals surface area contributed by atoms with Crippen molar-refractivity contribution in [3.05, 3.63) is 31.9 Å². The van der Waals surface area contributed by atoms with Crippen LogP contribution in [0.25, 0.3) is 0 Å². The molecule has 4 nitrogen and oxygen atoms in total. The summed E-state index contributed by atoms with van der Waals surface area (Å²) in [5, 5.41) is 8.17. The fraction of sp³-hybridized carbons (Fsp3) is 0.333. The van der Waals surface area contributed by atoms with E-state index in [-0.39, 0.29) is 5.97 Å². The number of hydrogen-bond donors (Lipinski definition) is 1. The number of carbonyl (C=O) groups is 1. The highest BCUT2D eigenvalue weighted by Gasteiger charge is 2.07. The van der Waals surface area contributed by atoms with Gasteiger partial charge in [-0.2, -0.15) is 0 Å². The molecule has 0 saturated heterocycles. The third kappa shape index (κ3) is 4.29. The molecule has 102 valence electrons. The van der Waals surface area contributed by atoms with Gasteiger partial charge in [0.05, 0.1) is 25.8 Å². The lowest BCUT2D eigenvalue weighted by Gasteiger charge is -2.00. The molecule has 0 radical (unpaired) electrons. The highest BCUT2D eigenvalue weighted by Crippen LogP contribution is 2.24. The van der Waals surface area contributed by atoms with E-state index in [1.54, 1.807) is 22.7 Å². The van der Waals surface area contributed by atoms with Crippen molar-refractivity contribution in [2.75, 3.05) is 12.4 Å². The summed E-state index contributed by atoms with van der Waals surface area (Å²) in [5.41, 5.74) is 0.920. The van der Waals surface area contributed by atoms with Gasteiger partial charge < -0.3 is 10.1 Å². The maximum absolute atomic E-state index is 11.0. The quantitative estimate of drug-likeness (QED) is 0.798. The van der Waals surface area contributed by atoms with Gasteiger partial charge in [-0.15, -0.1) is 22.7 Å². The third-order valence-corrected chi connectivity index (χ3v) is 5.23. The van der Waals surface area contributed by atoms with Crippen molar-refractivity contribution in [2.45, 2.75) is 19.4 Å². The van der Waals surface area contributed by atoms with Crippen LogP contribution in [-0.2, 0) is 22.5 Å². The third-order valence-electron chi connectivity index (χ3n) is 2.46. The number of hydrogen-bond acceptors (Lipinski definition) is 6. The Morgan fingerprint density at radius 3 is 3.05 bits per heavy atom. The van der Waals surface area contributed by atoms with E-state index in [4.69, 9.17) is 0 Å². The van der Waals surface area contributed by atoms with Gasteiger partial charge in [0.2, 0.25) is 0 Å². The first-order valence-electron chi connectivity index (χ1n) is 5.66. The maximum Gasteiger partial charge on any atom is 0.305 e. The van der Waals surface area contributed by atoms with Crippen LogP contribution in [0.4, 0.5) is 5.13 Å². The van der Waals surface area contributed by atoms with Gasteiger partial charge in [-0.05, 0) is 27.4 Å². The summed E-state index contributed by atoms with van der Waals surface area (Å²) in [6.07, 6.45) is 0.990. The van der Waals surface area contributed by atoms with Crippen LogP contribution < -0.4 is 5.32 Å². The number of anilines is 1. The molecule has 2 rings (SSSR count). The lowest BCUT2D eigenvalue weighted by molar-refractivity contribution is -0.140. The van der Waals surface area contributed by atoms with Gasteiger partial charge in [0.1, 0.15) is 0 Å². The van der Waals surface area contributed by atoms with Gasteiger partial charge in [0.25, 0.3) is 0 Å². The van der Waals surface area contributed by atoms with Gasteiger partial charge in [-0.25, -0.2) is 4.98 Å². The van der Waals surface area contributed by atoms with Crippen molar-refractivity contribution in [3.8, 4) is 0 Å². The molecule has 19 heavy (non-hydrogen) atoms. The van der Waals surface area contributed by atoms with E-state index in [1.165, 1.54) is 12.0 Å². The topological polar surface area (TPSA) is 51.2 Å². The van der Waals surface area contributed by atoms with Crippen molar-refractivity contribution in [1.82, 2.24) is 4.98 Å². The molecular formula is C12H13BrN2O2S2. The Labute approximate surface area is 128 Å². The highest BCUT2D eigenvalue weighted by molar-refractivity contribution is 9.10. The van der Waals surface area contributed by atoms with E-state index < -0.39 is 0 Å². The first-order valence-corrected chi connectivity index (χ1v) is 8.21. The molecule has 0 aliphatic heterocycles. The van der Waals surface area contributed by atoms with Crippen LogP contribution in [0.3, 0.4) is 0 Å². The second kappa shape index (κ2) is 7.02. The number of rotatable bonds is 6. The Balaban J connectivity index is 1.84. The molecule has 0 aromatic carbocycles. The summed E-state index contributed by atoms with van der Waals surface area (Å²) in [6.45, 7) is 0.752. The first-order chi connectivity index (χ1) is 9.19. The van der Waals surface area contributed by atoms with Crippen LogP contribution >= 0.6 is 38.6 Å². The Hall–Kier alpha value is -0.920. The number of ether oxygens (including phenoxy) is 1. The largest absolute Gasteiger partial charge is 0.469 e. The van der Waals surface area contributed by atoms with Crippen LogP contribution in [0.2, 0.25) is 0 Å². The van der Waals surface area contributed by atoms with Crippen LogP contribution in [0, 0.1) is 0 Å². The summed E-state index contributed by atoms with van der Waals surface area (Å²) in [5.74, 6) is -0.204. The molecule has 0 unspecified atom stereocenters. The van der Waals surface area contributed by atoms with Gasteiger partial charge >= 0.3 is 5.97 Å². The molecule has 0 atom stereocenters. The van der Waals surface area contributed by atoms with Crippen molar-refractivity contribution < 1.29 is 9.53 Å². The summed E-state index contributed by atoms with van der Waals surface area (Å²) in [6, 6.07) is 2.03. The zero-order chi connectivity index (χ0) is 13.7. The number of esters is 1. The second-order valence-corrected chi connectivity index (χ2v) is 6.48. The molecule has 0 bridgehead atoms. The minimum atomic E-state index is -0.204. The normalized spacial score (nSPS) is 10.4. The van der Waals surface area contributed by atoms with Crippen LogP contribution in [-0.4, -0.2) is 18.1 Å². The average Bonchev–Trinajstić information content (AvgIpc) is 3.02. The minimum Gasteiger partial charge on any atom is -0.469 e. The molecule has 2 heterocycles. The molecule has 0 aliphatic carbocycles. The predicted molar refractivity (Wildman–Crippen MR) is 81.8 cm³/mol. The second-order valence-electron chi connectivity index (χ2n) is 3.77. The van der Waals surface area contributed by atoms with Gasteiger partial charge in [-0.1, -0.05) is 0 Å². The number of thiazole rings is 1. The smallest absolute Gasteiger partial charge is 0.305 e. The fourth-order valence-corrected chi connectivity index (χ4v) is 3.62. The fourth-order valence-electron chi connectivity index (χ4n) is 1.44. The average molecular weight is 361 g/mol. The minimum absolute atomic E-state index is 0.204. The molecular weight excluding hydrogens is 348 g/mol. The summed E-state index contributed by atoms with van der Waals surface area (Å²) >= 11 is 6.75. The van der Waals surface area contributed by atoms with Gasteiger partial charge in [-0.3, -0.25) is 4.79 Å². The number of nitrogens with one attached hydrogen (secondary N) is 1. The molecule has 1 N–H and O–H groups in total. The maximum atomic E-state index is 11.0. The molecule has 0 spiro atoms. The first kappa shape index (κ1) is 14.5. The van der Waals surface area contributed by atoms with Crippen LogP contribution in [0.15, 0.2) is 21.3 Å². The zero-order valence-electron chi connectivity index (χ0n) is 10.3. The predicted octanol–water partition coefficient (Wildman–Crippen LogP) is 3.68. The van der Waals surface area contributed by atoms with Crippen LogP contribution in [0.1, 0.15) is 17.0 Å². The SMILES string of the molecule is COC(=O)CCc1csc(NCc2sccc2Br)n1.